The number of benzene rings is 2. The largest absolute Gasteiger partial charge is 0.338 e. The first kappa shape index (κ1) is 22.2. The van der Waals surface area contributed by atoms with E-state index in [0.717, 1.165) is 30.5 Å². The number of pyridine rings is 2. The van der Waals surface area contributed by atoms with E-state index in [4.69, 9.17) is 0 Å². The van der Waals surface area contributed by atoms with Crippen molar-refractivity contribution in [2.45, 2.75) is 24.0 Å². The molecule has 0 radical (unpaired) electrons. The maximum Gasteiger partial charge on any atom is 0.253 e. The van der Waals surface area contributed by atoms with Gasteiger partial charge >= 0.3 is 0 Å². The Labute approximate surface area is 199 Å². The van der Waals surface area contributed by atoms with E-state index in [0.29, 0.717) is 22.6 Å². The number of amides is 1. The van der Waals surface area contributed by atoms with Crippen molar-refractivity contribution in [3.05, 3.63) is 102 Å². The van der Waals surface area contributed by atoms with Gasteiger partial charge in [0.25, 0.3) is 5.91 Å². The molecule has 5 rings (SSSR count). The molecule has 2 aromatic heterocycles. The van der Waals surface area contributed by atoms with Gasteiger partial charge in [-0.15, -0.1) is 0 Å². The quantitative estimate of drug-likeness (QED) is 0.421. The van der Waals surface area contributed by atoms with Crippen molar-refractivity contribution >= 4 is 26.6 Å². The van der Waals surface area contributed by atoms with Crippen LogP contribution in [0.2, 0.25) is 0 Å². The van der Waals surface area contributed by atoms with Crippen LogP contribution in [0.1, 0.15) is 27.0 Å². The highest BCUT2D eigenvalue weighted by atomic mass is 32.2. The van der Waals surface area contributed by atoms with Crippen LogP contribution in [0, 0.1) is 12.8 Å². The average molecular weight is 472 g/mol. The number of sulfone groups is 1. The molecular weight excluding hydrogens is 446 g/mol. The lowest BCUT2D eigenvalue weighted by atomic mass is 9.91. The molecule has 0 spiro atoms. The predicted octanol–water partition coefficient (Wildman–Crippen LogP) is 4.23. The lowest BCUT2D eigenvalue weighted by molar-refractivity contribution is 0.0501. The Morgan fingerprint density at radius 3 is 2.53 bits per heavy atom. The smallest absolute Gasteiger partial charge is 0.253 e. The molecule has 1 saturated heterocycles. The minimum Gasteiger partial charge on any atom is -0.338 e. The maximum absolute atomic E-state index is 13.2. The van der Waals surface area contributed by atoms with Gasteiger partial charge in [0, 0.05) is 42.6 Å². The van der Waals surface area contributed by atoms with Crippen LogP contribution >= 0.6 is 0 Å². The third-order valence-corrected chi connectivity index (χ3v) is 8.07. The fourth-order valence-corrected chi connectivity index (χ4v) is 6.14. The summed E-state index contributed by atoms with van der Waals surface area (Å²) in [7, 11) is -3.60. The Morgan fingerprint density at radius 1 is 1.00 bits per heavy atom. The second kappa shape index (κ2) is 8.99. The van der Waals surface area contributed by atoms with Crippen molar-refractivity contribution in [3.63, 3.8) is 0 Å². The zero-order valence-corrected chi connectivity index (χ0v) is 19.7. The van der Waals surface area contributed by atoms with E-state index in [2.05, 4.69) is 9.97 Å². The van der Waals surface area contributed by atoms with E-state index in [-0.39, 0.29) is 16.6 Å². The first-order valence-corrected chi connectivity index (χ1v) is 12.9. The van der Waals surface area contributed by atoms with Crippen LogP contribution in [0.25, 0.3) is 10.9 Å². The lowest BCUT2D eigenvalue weighted by Gasteiger charge is -2.39. The fraction of sp³-hybridized carbons (Fsp3) is 0.222. The van der Waals surface area contributed by atoms with Gasteiger partial charge in [-0.1, -0.05) is 24.3 Å². The lowest BCUT2D eigenvalue weighted by Crippen LogP contribution is -2.50. The number of carbonyl (C=O) groups excluding carboxylic acids is 1. The number of likely N-dealkylation sites (tertiary alicyclic amines) is 1. The first-order chi connectivity index (χ1) is 16.4. The molecule has 0 N–H and O–H groups in total. The number of fused-ring (bicyclic) bond motifs is 1. The van der Waals surface area contributed by atoms with E-state index >= 15 is 0 Å². The number of para-hydroxylation sites is 1. The summed E-state index contributed by atoms with van der Waals surface area (Å²) >= 11 is 0. The highest BCUT2D eigenvalue weighted by Crippen LogP contribution is 2.27. The van der Waals surface area contributed by atoms with E-state index in [1.807, 2.05) is 36.1 Å². The summed E-state index contributed by atoms with van der Waals surface area (Å²) in [6, 6.07) is 18.1. The summed E-state index contributed by atoms with van der Waals surface area (Å²) < 4.78 is 26.4. The molecule has 0 atom stereocenters. The molecule has 1 aliphatic heterocycles. The molecule has 4 aromatic rings. The molecule has 1 amide bonds. The van der Waals surface area contributed by atoms with Gasteiger partial charge in [-0.3, -0.25) is 14.8 Å². The van der Waals surface area contributed by atoms with Crippen molar-refractivity contribution in [2.75, 3.05) is 13.1 Å². The fourth-order valence-electron chi connectivity index (χ4n) is 4.50. The van der Waals surface area contributed by atoms with Gasteiger partial charge in [0.2, 0.25) is 0 Å². The zero-order valence-electron chi connectivity index (χ0n) is 18.9. The normalized spacial score (nSPS) is 14.2. The monoisotopic (exact) mass is 471 g/mol. The van der Waals surface area contributed by atoms with Gasteiger partial charge in [-0.25, -0.2) is 8.42 Å². The topological polar surface area (TPSA) is 80.2 Å². The second-order valence-electron chi connectivity index (χ2n) is 8.87. The number of rotatable bonds is 6. The molecule has 2 aromatic carbocycles. The van der Waals surface area contributed by atoms with Gasteiger partial charge < -0.3 is 4.90 Å². The Hall–Kier alpha value is -3.58. The summed E-state index contributed by atoms with van der Waals surface area (Å²) in [4.78, 5) is 23.3. The van der Waals surface area contributed by atoms with Gasteiger partial charge in [0.05, 0.1) is 16.2 Å². The highest BCUT2D eigenvalue weighted by Gasteiger charge is 2.31. The van der Waals surface area contributed by atoms with E-state index in [1.54, 1.807) is 55.0 Å². The molecule has 1 fully saturated rings. The summed E-state index contributed by atoms with van der Waals surface area (Å²) in [6.07, 6.45) is 6.12. The minimum absolute atomic E-state index is 0.0123. The third kappa shape index (κ3) is 4.43. The predicted molar refractivity (Wildman–Crippen MR) is 131 cm³/mol. The van der Waals surface area contributed by atoms with Gasteiger partial charge in [-0.05, 0) is 72.4 Å². The molecule has 34 heavy (non-hydrogen) atoms. The van der Waals surface area contributed by atoms with E-state index in [9.17, 15) is 13.2 Å². The van der Waals surface area contributed by atoms with Crippen molar-refractivity contribution < 1.29 is 13.2 Å². The minimum atomic E-state index is -3.60. The third-order valence-electron chi connectivity index (χ3n) is 6.38. The van der Waals surface area contributed by atoms with Crippen molar-refractivity contribution in [1.29, 1.82) is 0 Å². The molecule has 1 aliphatic rings. The Morgan fingerprint density at radius 2 is 1.76 bits per heavy atom. The van der Waals surface area contributed by atoms with Gasteiger partial charge in [0.1, 0.15) is 0 Å². The highest BCUT2D eigenvalue weighted by molar-refractivity contribution is 7.90. The Bertz CT molecular complexity index is 1460. The van der Waals surface area contributed by atoms with Crippen molar-refractivity contribution in [3.8, 4) is 0 Å². The molecule has 0 unspecified atom stereocenters. The number of aromatic nitrogens is 2. The van der Waals surface area contributed by atoms with Gasteiger partial charge in [0.15, 0.2) is 9.84 Å². The van der Waals surface area contributed by atoms with E-state index < -0.39 is 9.84 Å². The van der Waals surface area contributed by atoms with Crippen molar-refractivity contribution in [1.82, 2.24) is 14.9 Å². The number of carbonyl (C=O) groups is 1. The second-order valence-corrected chi connectivity index (χ2v) is 10.8. The molecule has 3 heterocycles. The van der Waals surface area contributed by atoms with Crippen molar-refractivity contribution in [2.24, 2.45) is 5.92 Å². The summed E-state index contributed by atoms with van der Waals surface area (Å²) in [5.74, 6) is 0.300. The number of nitrogens with zero attached hydrogens (tertiary/aromatic N) is 3. The summed E-state index contributed by atoms with van der Waals surface area (Å²) in [6.45, 7) is 3.31. The maximum atomic E-state index is 13.2. The van der Waals surface area contributed by atoms with Crippen LogP contribution in [-0.4, -0.2) is 42.3 Å². The number of hydrogen-bond acceptors (Lipinski definition) is 5. The molecule has 172 valence electrons. The van der Waals surface area contributed by atoms with Gasteiger partial charge in [-0.2, -0.15) is 0 Å². The molecule has 0 aliphatic carbocycles. The van der Waals surface area contributed by atoms with Crippen LogP contribution in [0.4, 0.5) is 0 Å². The zero-order chi connectivity index (χ0) is 23.7. The Kier molecular flexibility index (Phi) is 5.87. The van der Waals surface area contributed by atoms with Crippen LogP contribution in [0.5, 0.6) is 0 Å². The number of aryl methyl sites for hydroxylation is 1. The summed E-state index contributed by atoms with van der Waals surface area (Å²) in [5.41, 5.74) is 3.77. The standard InChI is InChI=1S/C27H25N3O3S/c1-19-14-23(27(31)30-16-21(17-30)15-20-9-12-28-13-10-20)7-8-24(19)18-34(32,33)25-6-2-4-22-5-3-11-29-26(22)25/h2-14,21H,15-18H2,1H3. The number of hydrogen-bond donors (Lipinski definition) is 0. The molecule has 0 bridgehead atoms. The van der Waals surface area contributed by atoms with Crippen LogP contribution in [0.3, 0.4) is 0 Å². The van der Waals surface area contributed by atoms with Crippen LogP contribution in [-0.2, 0) is 22.0 Å². The molecule has 0 saturated carbocycles. The van der Waals surface area contributed by atoms with Crippen LogP contribution in [0.15, 0.2) is 84.1 Å². The summed E-state index contributed by atoms with van der Waals surface area (Å²) in [5, 5.41) is 0.790. The molecular formula is C27H25N3O3S. The molecule has 6 nitrogen and oxygen atoms in total. The van der Waals surface area contributed by atoms with Crippen LogP contribution < -0.4 is 0 Å². The SMILES string of the molecule is Cc1cc(C(=O)N2CC(Cc3ccncc3)C2)ccc1CS(=O)(=O)c1cccc2cccnc12. The average Bonchev–Trinajstić information content (AvgIpc) is 2.82. The molecule has 7 heteroatoms. The first-order valence-electron chi connectivity index (χ1n) is 11.2. The Balaban J connectivity index is 1.28. The van der Waals surface area contributed by atoms with E-state index in [1.165, 1.54) is 5.56 Å².